The van der Waals surface area contributed by atoms with Gasteiger partial charge in [-0.25, -0.2) is 9.37 Å². The van der Waals surface area contributed by atoms with Crippen LogP contribution in [0.2, 0.25) is 5.02 Å². The van der Waals surface area contributed by atoms with Crippen LogP contribution in [0, 0.1) is 18.2 Å². The van der Waals surface area contributed by atoms with Gasteiger partial charge in [0.05, 0.1) is 16.7 Å². The molecule has 3 aliphatic heterocycles. The third kappa shape index (κ3) is 4.06. The topological polar surface area (TPSA) is 84.5 Å². The molecule has 0 bridgehead atoms. The van der Waals surface area contributed by atoms with Gasteiger partial charge in [0.15, 0.2) is 5.82 Å². The number of nitrogens with one attached hydrogen (secondary N) is 1. The summed E-state index contributed by atoms with van der Waals surface area (Å²) in [5, 5.41) is 8.98. The van der Waals surface area contributed by atoms with Crippen LogP contribution in [0.15, 0.2) is 37.1 Å². The molecule has 0 saturated carbocycles. The molecule has 11 heteroatoms. The van der Waals surface area contributed by atoms with Crippen molar-refractivity contribution in [3.63, 3.8) is 0 Å². The normalized spacial score (nSPS) is 18.5. The smallest absolute Gasteiger partial charge is 0.245 e. The number of rotatable bonds is 5. The van der Waals surface area contributed by atoms with Gasteiger partial charge >= 0.3 is 0 Å². The van der Waals surface area contributed by atoms with E-state index in [-0.39, 0.29) is 16.8 Å². The summed E-state index contributed by atoms with van der Waals surface area (Å²) < 4.78 is 16.8. The molecule has 0 aliphatic carbocycles. The molecule has 3 saturated heterocycles. The summed E-state index contributed by atoms with van der Waals surface area (Å²) in [5.74, 6) is 0.702. The van der Waals surface area contributed by atoms with Gasteiger partial charge in [0.25, 0.3) is 0 Å². The van der Waals surface area contributed by atoms with E-state index >= 15 is 4.39 Å². The maximum Gasteiger partial charge on any atom is 0.245 e. The van der Waals surface area contributed by atoms with Crippen molar-refractivity contribution in [3.05, 3.63) is 53.5 Å². The quantitative estimate of drug-likeness (QED) is 0.357. The van der Waals surface area contributed by atoms with Crippen LogP contribution in [0.3, 0.4) is 0 Å². The van der Waals surface area contributed by atoms with Crippen LogP contribution in [-0.4, -0.2) is 95.3 Å². The molecule has 9 nitrogen and oxygen atoms in total. The summed E-state index contributed by atoms with van der Waals surface area (Å²) >= 11 is 6.90. The number of aromatic nitrogens is 4. The molecule has 2 aromatic heterocycles. The number of aromatic amines is 1. The number of hydrogen-bond acceptors (Lipinski definition) is 7. The van der Waals surface area contributed by atoms with Crippen LogP contribution in [0.5, 0.6) is 0 Å². The molecular weight excluding hydrogens is 543 g/mol. The molecule has 1 spiro atoms. The first-order chi connectivity index (χ1) is 19.7. The molecule has 1 N–H and O–H groups in total. The Bertz CT molecular complexity index is 1720. The number of likely N-dealkylation sites (N-methyl/N-ethyl adjacent to an activating group) is 1. The molecule has 0 unspecified atom stereocenters. The van der Waals surface area contributed by atoms with Gasteiger partial charge in [0, 0.05) is 72.6 Å². The van der Waals surface area contributed by atoms with Gasteiger partial charge in [-0.15, -0.1) is 0 Å². The molecular formula is C30H32ClFN8O. The zero-order chi connectivity index (χ0) is 28.6. The van der Waals surface area contributed by atoms with Crippen molar-refractivity contribution in [3.8, 4) is 11.1 Å². The van der Waals surface area contributed by atoms with Crippen LogP contribution in [-0.2, 0) is 4.79 Å². The van der Waals surface area contributed by atoms with E-state index in [4.69, 9.17) is 21.6 Å². The number of likely N-dealkylation sites (tertiary alicyclic amines) is 1. The first kappa shape index (κ1) is 26.2. The molecule has 4 aromatic rings. The Kier molecular flexibility index (Phi) is 5.99. The van der Waals surface area contributed by atoms with Gasteiger partial charge in [-0.1, -0.05) is 30.3 Å². The van der Waals surface area contributed by atoms with E-state index in [1.54, 1.807) is 12.3 Å². The summed E-state index contributed by atoms with van der Waals surface area (Å²) in [6.07, 6.45) is 4.02. The van der Waals surface area contributed by atoms with E-state index in [1.165, 1.54) is 6.08 Å². The second-order valence-electron chi connectivity index (χ2n) is 12.0. The molecule has 3 fully saturated rings. The van der Waals surface area contributed by atoms with E-state index in [1.807, 2.05) is 24.0 Å². The fraction of sp³-hybridized carbons (Fsp3) is 0.400. The fourth-order valence-corrected chi connectivity index (χ4v) is 6.87. The molecule has 1 amide bonds. The highest BCUT2D eigenvalue weighted by Crippen LogP contribution is 2.45. The minimum atomic E-state index is -0.465. The van der Waals surface area contributed by atoms with E-state index < -0.39 is 5.82 Å². The number of halogens is 2. The largest absolute Gasteiger partial charge is 0.355 e. The molecule has 41 heavy (non-hydrogen) atoms. The number of carbonyl (C=O) groups excluding carboxylic acids is 1. The fourth-order valence-electron chi connectivity index (χ4n) is 6.59. The average Bonchev–Trinajstić information content (AvgIpc) is 3.55. The Morgan fingerprint density at radius 3 is 2.71 bits per heavy atom. The summed E-state index contributed by atoms with van der Waals surface area (Å²) in [7, 11) is 4.12. The minimum Gasteiger partial charge on any atom is -0.355 e. The summed E-state index contributed by atoms with van der Waals surface area (Å²) in [5.41, 5.74) is 2.88. The number of nitrogens with zero attached hydrogens (tertiary/aromatic N) is 7. The molecule has 2 aromatic carbocycles. The molecule has 212 valence electrons. The van der Waals surface area contributed by atoms with E-state index in [0.717, 1.165) is 49.1 Å². The van der Waals surface area contributed by atoms with Gasteiger partial charge in [-0.05, 0) is 45.1 Å². The van der Waals surface area contributed by atoms with Gasteiger partial charge in [-0.2, -0.15) is 10.1 Å². The van der Waals surface area contributed by atoms with Gasteiger partial charge in [0.2, 0.25) is 11.9 Å². The van der Waals surface area contributed by atoms with Crippen molar-refractivity contribution in [1.82, 2.24) is 30.0 Å². The van der Waals surface area contributed by atoms with E-state index in [9.17, 15) is 4.79 Å². The molecule has 7 rings (SSSR count). The zero-order valence-electron chi connectivity index (χ0n) is 23.4. The van der Waals surface area contributed by atoms with Crippen LogP contribution >= 0.6 is 11.6 Å². The van der Waals surface area contributed by atoms with Crippen molar-refractivity contribution in [2.75, 3.05) is 63.2 Å². The van der Waals surface area contributed by atoms with Crippen molar-refractivity contribution in [2.45, 2.75) is 19.4 Å². The van der Waals surface area contributed by atoms with Crippen LogP contribution in [0.4, 0.5) is 16.2 Å². The average molecular weight is 575 g/mol. The van der Waals surface area contributed by atoms with E-state index in [2.05, 4.69) is 45.6 Å². The van der Waals surface area contributed by atoms with Gasteiger partial charge in [0.1, 0.15) is 11.3 Å². The zero-order valence-corrected chi connectivity index (χ0v) is 24.2. The third-order valence-electron chi connectivity index (χ3n) is 9.08. The Balaban J connectivity index is 1.35. The van der Waals surface area contributed by atoms with Crippen molar-refractivity contribution in [2.24, 2.45) is 5.41 Å². The number of H-pyrrole nitrogens is 1. The van der Waals surface area contributed by atoms with Crippen molar-refractivity contribution in [1.29, 1.82) is 0 Å². The summed E-state index contributed by atoms with van der Waals surface area (Å²) in [6, 6.07) is 6.11. The lowest BCUT2D eigenvalue weighted by Gasteiger charge is -2.47. The number of amides is 1. The number of hydrogen-bond donors (Lipinski definition) is 1. The molecule has 3 aliphatic rings. The first-order valence-electron chi connectivity index (χ1n) is 13.9. The number of fused-ring (bicyclic) bond motifs is 2. The maximum atomic E-state index is 16.8. The van der Waals surface area contributed by atoms with Crippen LogP contribution in [0.1, 0.15) is 12.0 Å². The standard InChI is InChI=1S/C30H32ClFN8O/c1-5-22(41)40-15-30(16-40)8-9-38(14-30)28-20-10-21(31)24(23-17(2)6-7-18-11-33-36-26(18)23)25(32)27(20)34-29(35-28)39-12-19(13-39)37(3)4/h5-7,10-11,19H,1,8-9,12-16H2,2-4H3,(H,33,36). The van der Waals surface area contributed by atoms with Crippen LogP contribution < -0.4 is 9.80 Å². The lowest BCUT2D eigenvalue weighted by Crippen LogP contribution is -2.59. The Morgan fingerprint density at radius 1 is 1.20 bits per heavy atom. The Hall–Kier alpha value is -3.76. The number of carbonyl (C=O) groups is 1. The summed E-state index contributed by atoms with van der Waals surface area (Å²) in [6.45, 7) is 9.97. The highest BCUT2D eigenvalue weighted by atomic mass is 35.5. The second-order valence-corrected chi connectivity index (χ2v) is 12.4. The minimum absolute atomic E-state index is 0.00145. The summed E-state index contributed by atoms with van der Waals surface area (Å²) in [4.78, 5) is 30.3. The van der Waals surface area contributed by atoms with Crippen molar-refractivity contribution < 1.29 is 9.18 Å². The Morgan fingerprint density at radius 2 is 1.98 bits per heavy atom. The molecule has 0 radical (unpaired) electrons. The maximum absolute atomic E-state index is 16.8. The lowest BCUT2D eigenvalue weighted by atomic mass is 9.79. The van der Waals surface area contributed by atoms with Gasteiger partial charge < -0.3 is 19.6 Å². The molecule has 5 heterocycles. The van der Waals surface area contributed by atoms with Crippen LogP contribution in [0.25, 0.3) is 32.9 Å². The van der Waals surface area contributed by atoms with Gasteiger partial charge in [-0.3, -0.25) is 9.89 Å². The number of aryl methyl sites for hydroxylation is 1. The monoisotopic (exact) mass is 574 g/mol. The Labute approximate surface area is 242 Å². The highest BCUT2D eigenvalue weighted by Gasteiger charge is 2.49. The lowest BCUT2D eigenvalue weighted by molar-refractivity contribution is -0.136. The van der Waals surface area contributed by atoms with E-state index in [0.29, 0.717) is 52.4 Å². The number of anilines is 2. The first-order valence-corrected chi connectivity index (χ1v) is 14.3. The SMILES string of the molecule is C=CC(=O)N1CC2(CCN(c3nc(N4CC(N(C)C)C4)nc4c(F)c(-c5c(C)ccc6cn[nH]c56)c(Cl)cc34)C2)C1. The second kappa shape index (κ2) is 9.39. The predicted octanol–water partition coefficient (Wildman–Crippen LogP) is 4.25. The highest BCUT2D eigenvalue weighted by molar-refractivity contribution is 6.35. The number of benzene rings is 2. The molecule has 0 atom stereocenters. The predicted molar refractivity (Wildman–Crippen MR) is 160 cm³/mol. The van der Waals surface area contributed by atoms with Crippen molar-refractivity contribution >= 4 is 51.1 Å². The third-order valence-corrected chi connectivity index (χ3v) is 9.38.